The molecule has 1 aromatic carbocycles. The molecule has 1 heterocycles. The van der Waals surface area contributed by atoms with Crippen molar-refractivity contribution < 1.29 is 18.7 Å². The van der Waals surface area contributed by atoms with Gasteiger partial charge in [0.2, 0.25) is 0 Å². The van der Waals surface area contributed by atoms with Crippen LogP contribution in [-0.2, 0) is 22.4 Å². The van der Waals surface area contributed by atoms with Crippen molar-refractivity contribution in [3.05, 3.63) is 36.0 Å². The van der Waals surface area contributed by atoms with E-state index in [1.54, 1.807) is 4.68 Å². The van der Waals surface area contributed by atoms with Crippen molar-refractivity contribution in [1.82, 2.24) is 15.0 Å². The second-order valence-electron chi connectivity index (χ2n) is 5.69. The highest BCUT2D eigenvalue weighted by molar-refractivity contribution is 7.79. The summed E-state index contributed by atoms with van der Waals surface area (Å²) in [5.74, 6) is -1.42. The molecule has 0 radical (unpaired) electrons. The minimum atomic E-state index is -2.18. The van der Waals surface area contributed by atoms with Gasteiger partial charge >= 0.3 is 5.97 Å². The third-order valence-corrected chi connectivity index (χ3v) is 4.67. The summed E-state index contributed by atoms with van der Waals surface area (Å²) in [6.45, 7) is 3.60. The quantitative estimate of drug-likeness (QED) is 0.748. The van der Waals surface area contributed by atoms with E-state index >= 15 is 0 Å². The molecule has 23 heavy (non-hydrogen) atoms. The summed E-state index contributed by atoms with van der Waals surface area (Å²) in [6, 6.07) is 9.58. The molecule has 124 valence electrons. The molecule has 8 heteroatoms. The number of hydrogen-bond donors (Lipinski definition) is 2. The summed E-state index contributed by atoms with van der Waals surface area (Å²) < 4.78 is 21.7. The Hall–Kier alpha value is -2.06. The van der Waals surface area contributed by atoms with Gasteiger partial charge in [0, 0.05) is 12.1 Å². The summed E-state index contributed by atoms with van der Waals surface area (Å²) in [6.07, 6.45) is 0.178. The van der Waals surface area contributed by atoms with Crippen LogP contribution in [0, 0.1) is 12.3 Å². The highest BCUT2D eigenvalue weighted by Crippen LogP contribution is 2.27. The van der Waals surface area contributed by atoms with Gasteiger partial charge in [-0.05, 0) is 20.3 Å². The SMILES string of the molecule is Cc1nnn(CC[C@@](C)(CS(=O)O)C(=O)O)c1-c1ccccc1. The molecular formula is C15H19N3O4S. The number of aryl methyl sites for hydroxylation is 2. The van der Waals surface area contributed by atoms with Gasteiger partial charge in [-0.3, -0.25) is 4.79 Å². The molecule has 0 saturated carbocycles. The van der Waals surface area contributed by atoms with E-state index in [1.165, 1.54) is 6.92 Å². The average Bonchev–Trinajstić information content (AvgIpc) is 2.86. The van der Waals surface area contributed by atoms with E-state index < -0.39 is 22.5 Å². The molecule has 2 aromatic rings. The Balaban J connectivity index is 2.24. The Bertz CT molecular complexity index is 717. The van der Waals surface area contributed by atoms with Gasteiger partial charge in [-0.1, -0.05) is 35.5 Å². The van der Waals surface area contributed by atoms with Gasteiger partial charge in [0.05, 0.1) is 22.6 Å². The lowest BCUT2D eigenvalue weighted by Crippen LogP contribution is -2.34. The number of rotatable bonds is 7. The van der Waals surface area contributed by atoms with Gasteiger partial charge in [0.1, 0.15) is 0 Å². The lowest BCUT2D eigenvalue weighted by atomic mass is 9.89. The van der Waals surface area contributed by atoms with E-state index in [0.717, 1.165) is 17.0 Å². The van der Waals surface area contributed by atoms with Crippen LogP contribution in [0.2, 0.25) is 0 Å². The first kappa shape index (κ1) is 17.3. The van der Waals surface area contributed by atoms with E-state index in [4.69, 9.17) is 4.55 Å². The van der Waals surface area contributed by atoms with Crippen molar-refractivity contribution in [1.29, 1.82) is 0 Å². The normalized spacial score (nSPS) is 15.1. The number of carbonyl (C=O) groups is 1. The van der Waals surface area contributed by atoms with Crippen LogP contribution in [0.5, 0.6) is 0 Å². The minimum Gasteiger partial charge on any atom is -0.481 e. The number of nitrogens with zero attached hydrogens (tertiary/aromatic N) is 3. The van der Waals surface area contributed by atoms with Crippen LogP contribution in [0.25, 0.3) is 11.3 Å². The number of hydrogen-bond acceptors (Lipinski definition) is 4. The smallest absolute Gasteiger partial charge is 0.310 e. The fraction of sp³-hybridized carbons (Fsp3) is 0.400. The molecule has 0 aliphatic rings. The third-order valence-electron chi connectivity index (χ3n) is 3.78. The standard InChI is InChI=1S/C15H19N3O4S/c1-11-13(12-6-4-3-5-7-12)18(17-16-11)9-8-15(2,14(19)20)10-23(21)22/h3-7H,8-10H2,1-2H3,(H,19,20)(H,21,22)/t15-/m0/s1. The van der Waals surface area contributed by atoms with Crippen molar-refractivity contribution in [2.75, 3.05) is 5.75 Å². The second-order valence-corrected chi connectivity index (χ2v) is 6.63. The Morgan fingerprint density at radius 3 is 2.57 bits per heavy atom. The summed E-state index contributed by atoms with van der Waals surface area (Å²) in [5, 5.41) is 17.5. The number of carboxylic acids is 1. The second kappa shape index (κ2) is 7.01. The van der Waals surface area contributed by atoms with Crippen LogP contribution in [0.1, 0.15) is 19.0 Å². The summed E-state index contributed by atoms with van der Waals surface area (Å²) in [5.41, 5.74) is 1.22. The topological polar surface area (TPSA) is 105 Å². The van der Waals surface area contributed by atoms with Crippen LogP contribution < -0.4 is 0 Å². The van der Waals surface area contributed by atoms with Crippen molar-refractivity contribution in [3.63, 3.8) is 0 Å². The van der Waals surface area contributed by atoms with Crippen LogP contribution >= 0.6 is 0 Å². The number of aromatic nitrogens is 3. The Kier molecular flexibility index (Phi) is 5.27. The number of aliphatic carboxylic acids is 1. The van der Waals surface area contributed by atoms with Crippen molar-refractivity contribution in [2.24, 2.45) is 5.41 Å². The van der Waals surface area contributed by atoms with Gasteiger partial charge in [-0.25, -0.2) is 8.89 Å². The van der Waals surface area contributed by atoms with Crippen LogP contribution in [0.4, 0.5) is 0 Å². The lowest BCUT2D eigenvalue weighted by Gasteiger charge is -2.23. The van der Waals surface area contributed by atoms with E-state index in [9.17, 15) is 14.1 Å². The maximum absolute atomic E-state index is 11.4. The highest BCUT2D eigenvalue weighted by Gasteiger charge is 2.35. The van der Waals surface area contributed by atoms with Gasteiger partial charge in [-0.2, -0.15) is 0 Å². The van der Waals surface area contributed by atoms with Gasteiger partial charge in [-0.15, -0.1) is 5.10 Å². The first-order valence-electron chi connectivity index (χ1n) is 7.10. The molecule has 7 nitrogen and oxygen atoms in total. The zero-order valence-electron chi connectivity index (χ0n) is 13.0. The van der Waals surface area contributed by atoms with Crippen molar-refractivity contribution >= 4 is 17.0 Å². The first-order chi connectivity index (χ1) is 10.8. The summed E-state index contributed by atoms with van der Waals surface area (Å²) >= 11 is -2.18. The lowest BCUT2D eigenvalue weighted by molar-refractivity contribution is -0.147. The van der Waals surface area contributed by atoms with E-state index in [2.05, 4.69) is 10.3 Å². The largest absolute Gasteiger partial charge is 0.481 e. The summed E-state index contributed by atoms with van der Waals surface area (Å²) in [7, 11) is 0. The molecule has 2 N–H and O–H groups in total. The van der Waals surface area contributed by atoms with Crippen molar-refractivity contribution in [3.8, 4) is 11.3 Å². The predicted molar refractivity (Wildman–Crippen MR) is 86.2 cm³/mol. The zero-order valence-corrected chi connectivity index (χ0v) is 13.8. The Morgan fingerprint density at radius 2 is 2.00 bits per heavy atom. The molecule has 1 aromatic heterocycles. The van der Waals surface area contributed by atoms with Crippen LogP contribution in [-0.4, -0.2) is 40.6 Å². The predicted octanol–water partition coefficient (Wildman–Crippen LogP) is 1.96. The van der Waals surface area contributed by atoms with Crippen LogP contribution in [0.3, 0.4) is 0 Å². The molecule has 0 bridgehead atoms. The first-order valence-corrected chi connectivity index (χ1v) is 8.37. The monoisotopic (exact) mass is 337 g/mol. The van der Waals surface area contributed by atoms with E-state index in [-0.39, 0.29) is 12.2 Å². The molecule has 0 spiro atoms. The molecule has 2 atom stereocenters. The fourth-order valence-corrected chi connectivity index (χ4v) is 3.19. The molecule has 1 unspecified atom stereocenters. The zero-order chi connectivity index (χ0) is 17.0. The Morgan fingerprint density at radius 1 is 1.35 bits per heavy atom. The van der Waals surface area contributed by atoms with Gasteiger partial charge in [0.15, 0.2) is 11.1 Å². The molecular weight excluding hydrogens is 318 g/mol. The third kappa shape index (κ3) is 4.02. The number of carboxylic acid groups (broad SMARTS) is 1. The maximum atomic E-state index is 11.4. The van der Waals surface area contributed by atoms with Crippen LogP contribution in [0.15, 0.2) is 30.3 Å². The Labute approximate surface area is 136 Å². The maximum Gasteiger partial charge on any atom is 0.310 e. The van der Waals surface area contributed by atoms with E-state index in [0.29, 0.717) is 6.54 Å². The molecule has 2 rings (SSSR count). The number of benzene rings is 1. The van der Waals surface area contributed by atoms with Gasteiger partial charge in [0.25, 0.3) is 0 Å². The highest BCUT2D eigenvalue weighted by atomic mass is 32.2. The fourth-order valence-electron chi connectivity index (χ4n) is 2.38. The van der Waals surface area contributed by atoms with Crippen molar-refractivity contribution in [2.45, 2.75) is 26.8 Å². The summed E-state index contributed by atoms with van der Waals surface area (Å²) in [4.78, 5) is 11.4. The molecule has 0 amide bonds. The van der Waals surface area contributed by atoms with Gasteiger partial charge < -0.3 is 9.66 Å². The van der Waals surface area contributed by atoms with E-state index in [1.807, 2.05) is 37.3 Å². The molecule has 0 aliphatic carbocycles. The molecule has 0 fully saturated rings. The average molecular weight is 337 g/mol. The molecule has 0 aliphatic heterocycles. The molecule has 0 saturated heterocycles. The minimum absolute atomic E-state index is 0.178.